The van der Waals surface area contributed by atoms with Crippen LogP contribution in [0.3, 0.4) is 0 Å². The summed E-state index contributed by atoms with van der Waals surface area (Å²) >= 11 is 5.52. The van der Waals surface area contributed by atoms with Crippen LogP contribution < -0.4 is 0 Å². The average Bonchev–Trinajstić information content (AvgIpc) is 2.20. The number of hydrogen-bond donors (Lipinski definition) is 2. The van der Waals surface area contributed by atoms with Gasteiger partial charge >= 0.3 is 5.97 Å². The van der Waals surface area contributed by atoms with E-state index in [-0.39, 0.29) is 16.5 Å². The van der Waals surface area contributed by atoms with Gasteiger partial charge in [0.15, 0.2) is 0 Å². The van der Waals surface area contributed by atoms with Crippen LogP contribution in [0.4, 0.5) is 4.39 Å². The second kappa shape index (κ2) is 5.47. The predicted molar refractivity (Wildman–Crippen MR) is 62.3 cm³/mol. The van der Waals surface area contributed by atoms with E-state index in [0.29, 0.717) is 0 Å². The zero-order valence-corrected chi connectivity index (χ0v) is 10.3. The number of carbonyl (C=O) groups is 1. The van der Waals surface area contributed by atoms with Crippen molar-refractivity contribution in [3.05, 3.63) is 34.6 Å². The van der Waals surface area contributed by atoms with Crippen LogP contribution in [0.5, 0.6) is 0 Å². The summed E-state index contributed by atoms with van der Waals surface area (Å²) in [6, 6.07) is 3.79. The number of carboxylic acids is 1. The Bertz CT molecular complexity index is 420. The fourth-order valence-electron chi connectivity index (χ4n) is 1.69. The Morgan fingerprint density at radius 1 is 1.41 bits per heavy atom. The van der Waals surface area contributed by atoms with E-state index < -0.39 is 23.8 Å². The first kappa shape index (κ1) is 13.9. The number of hydrogen-bond acceptors (Lipinski definition) is 2. The smallest absolute Gasteiger partial charge is 0.309 e. The van der Waals surface area contributed by atoms with Gasteiger partial charge in [-0.25, -0.2) is 4.39 Å². The van der Waals surface area contributed by atoms with E-state index in [1.165, 1.54) is 12.1 Å². The maximum absolute atomic E-state index is 13.2. The summed E-state index contributed by atoms with van der Waals surface area (Å²) in [4.78, 5) is 11.0. The molecule has 0 radical (unpaired) electrons. The number of aliphatic carboxylic acids is 1. The van der Waals surface area contributed by atoms with Gasteiger partial charge in [-0.2, -0.15) is 0 Å². The lowest BCUT2D eigenvalue weighted by atomic mass is 9.86. The van der Waals surface area contributed by atoms with Crippen LogP contribution in [0.25, 0.3) is 0 Å². The van der Waals surface area contributed by atoms with Gasteiger partial charge < -0.3 is 10.2 Å². The van der Waals surface area contributed by atoms with Gasteiger partial charge in [0.05, 0.1) is 17.0 Å². The molecule has 1 aromatic carbocycles. The quantitative estimate of drug-likeness (QED) is 0.875. The molecule has 1 aromatic rings. The minimum Gasteiger partial charge on any atom is -0.481 e. The molecule has 2 atom stereocenters. The molecule has 5 heteroatoms. The molecule has 0 aliphatic carbocycles. The fourth-order valence-corrected chi connectivity index (χ4v) is 1.81. The molecule has 0 spiro atoms. The summed E-state index contributed by atoms with van der Waals surface area (Å²) in [5.74, 6) is -3.02. The van der Waals surface area contributed by atoms with Gasteiger partial charge in [0.25, 0.3) is 0 Å². The highest BCUT2D eigenvalue weighted by Gasteiger charge is 2.31. The largest absolute Gasteiger partial charge is 0.481 e. The number of aliphatic hydroxyl groups excluding tert-OH is 1. The molecule has 2 unspecified atom stereocenters. The Hall–Kier alpha value is -1.13. The minimum absolute atomic E-state index is 0.0580. The van der Waals surface area contributed by atoms with Crippen LogP contribution in [0.15, 0.2) is 18.2 Å². The number of benzene rings is 1. The Labute approximate surface area is 104 Å². The van der Waals surface area contributed by atoms with Crippen molar-refractivity contribution in [2.45, 2.75) is 20.0 Å². The lowest BCUT2D eigenvalue weighted by Gasteiger charge is -2.22. The van der Waals surface area contributed by atoms with E-state index in [9.17, 15) is 14.3 Å². The van der Waals surface area contributed by atoms with Crippen molar-refractivity contribution >= 4 is 17.6 Å². The van der Waals surface area contributed by atoms with Crippen LogP contribution in [-0.4, -0.2) is 16.2 Å². The second-order valence-electron chi connectivity index (χ2n) is 4.23. The molecule has 94 valence electrons. The fraction of sp³-hybridized carbons (Fsp3) is 0.417. The highest BCUT2D eigenvalue weighted by atomic mass is 35.5. The molecule has 3 nitrogen and oxygen atoms in total. The summed E-state index contributed by atoms with van der Waals surface area (Å²) in [6.07, 6.45) is -1.25. The highest BCUT2D eigenvalue weighted by Crippen LogP contribution is 2.30. The summed E-state index contributed by atoms with van der Waals surface area (Å²) in [7, 11) is 0. The third-order valence-corrected chi connectivity index (χ3v) is 2.94. The Kier molecular flexibility index (Phi) is 4.48. The van der Waals surface area contributed by atoms with Crippen molar-refractivity contribution in [2.24, 2.45) is 11.8 Å². The van der Waals surface area contributed by atoms with Gasteiger partial charge in [-0.3, -0.25) is 4.79 Å². The monoisotopic (exact) mass is 260 g/mol. The Balaban J connectivity index is 3.05. The number of rotatable bonds is 4. The van der Waals surface area contributed by atoms with Crippen molar-refractivity contribution in [1.82, 2.24) is 0 Å². The molecule has 0 aliphatic heterocycles. The minimum atomic E-state index is -1.25. The van der Waals surface area contributed by atoms with E-state index in [0.717, 1.165) is 6.07 Å². The van der Waals surface area contributed by atoms with Crippen molar-refractivity contribution in [2.75, 3.05) is 0 Å². The molecule has 0 amide bonds. The van der Waals surface area contributed by atoms with E-state index in [4.69, 9.17) is 16.7 Å². The zero-order chi connectivity index (χ0) is 13.2. The van der Waals surface area contributed by atoms with Crippen LogP contribution in [0.1, 0.15) is 25.5 Å². The molecule has 1 rings (SSSR count). The van der Waals surface area contributed by atoms with Gasteiger partial charge in [0.2, 0.25) is 0 Å². The van der Waals surface area contributed by atoms with Crippen LogP contribution in [-0.2, 0) is 4.79 Å². The van der Waals surface area contributed by atoms with Gasteiger partial charge in [-0.1, -0.05) is 31.5 Å². The first-order chi connectivity index (χ1) is 7.84. The third-order valence-electron chi connectivity index (χ3n) is 2.63. The molecule has 0 fully saturated rings. The molecule has 17 heavy (non-hydrogen) atoms. The molecular weight excluding hydrogens is 247 g/mol. The molecule has 0 aliphatic rings. The summed E-state index contributed by atoms with van der Waals surface area (Å²) < 4.78 is 13.2. The van der Waals surface area contributed by atoms with Crippen molar-refractivity contribution < 1.29 is 19.4 Å². The van der Waals surface area contributed by atoms with E-state index in [2.05, 4.69) is 0 Å². The zero-order valence-electron chi connectivity index (χ0n) is 9.52. The number of carboxylic acid groups (broad SMARTS) is 1. The molecule has 2 N–H and O–H groups in total. The van der Waals surface area contributed by atoms with Gasteiger partial charge in [-0.05, 0) is 23.6 Å². The second-order valence-corrected chi connectivity index (χ2v) is 4.63. The molecule has 0 saturated heterocycles. The van der Waals surface area contributed by atoms with Crippen LogP contribution in [0.2, 0.25) is 5.02 Å². The van der Waals surface area contributed by atoms with Crippen molar-refractivity contribution in [1.29, 1.82) is 0 Å². The van der Waals surface area contributed by atoms with Gasteiger partial charge in [0, 0.05) is 0 Å². The molecular formula is C12H14ClFO3. The predicted octanol–water partition coefficient (Wildman–Crippen LogP) is 2.87. The standard InChI is InChI=1S/C12H14ClFO3/c1-6(2)10(12(16)17)11(15)7-3-4-8(13)9(14)5-7/h3-6,10-11,15H,1-2H3,(H,16,17). The number of aliphatic hydroxyl groups is 1. The van der Waals surface area contributed by atoms with Gasteiger partial charge in [0.1, 0.15) is 5.82 Å². The lowest BCUT2D eigenvalue weighted by Crippen LogP contribution is -2.27. The molecule has 0 heterocycles. The van der Waals surface area contributed by atoms with Crippen molar-refractivity contribution in [3.63, 3.8) is 0 Å². The topological polar surface area (TPSA) is 57.5 Å². The highest BCUT2D eigenvalue weighted by molar-refractivity contribution is 6.30. The van der Waals surface area contributed by atoms with E-state index in [1.807, 2.05) is 0 Å². The summed E-state index contributed by atoms with van der Waals surface area (Å²) in [5.41, 5.74) is 0.216. The third kappa shape index (κ3) is 3.17. The molecule has 0 aromatic heterocycles. The normalized spacial score (nSPS) is 14.7. The average molecular weight is 261 g/mol. The maximum atomic E-state index is 13.2. The Morgan fingerprint density at radius 2 is 2.00 bits per heavy atom. The first-order valence-corrected chi connectivity index (χ1v) is 5.58. The molecule has 0 saturated carbocycles. The number of halogens is 2. The first-order valence-electron chi connectivity index (χ1n) is 5.20. The van der Waals surface area contributed by atoms with Crippen LogP contribution >= 0.6 is 11.6 Å². The van der Waals surface area contributed by atoms with Crippen molar-refractivity contribution in [3.8, 4) is 0 Å². The Morgan fingerprint density at radius 3 is 2.41 bits per heavy atom. The van der Waals surface area contributed by atoms with Crippen LogP contribution in [0, 0.1) is 17.7 Å². The molecule has 0 bridgehead atoms. The van der Waals surface area contributed by atoms with E-state index in [1.54, 1.807) is 13.8 Å². The lowest BCUT2D eigenvalue weighted by molar-refractivity contribution is -0.148. The summed E-state index contributed by atoms with van der Waals surface area (Å²) in [6.45, 7) is 3.38. The van der Waals surface area contributed by atoms with Gasteiger partial charge in [-0.15, -0.1) is 0 Å². The SMILES string of the molecule is CC(C)C(C(=O)O)C(O)c1ccc(Cl)c(F)c1. The van der Waals surface area contributed by atoms with E-state index >= 15 is 0 Å². The summed E-state index contributed by atoms with van der Waals surface area (Å²) in [5, 5.41) is 18.9. The maximum Gasteiger partial charge on any atom is 0.309 e.